The third-order valence-electron chi connectivity index (χ3n) is 1.45. The van der Waals surface area contributed by atoms with E-state index in [1.807, 2.05) is 0 Å². The van der Waals surface area contributed by atoms with E-state index in [9.17, 15) is 13.2 Å². The molecule has 0 bridgehead atoms. The molecule has 1 rings (SSSR count). The SMILES string of the molecule is Fc1ccc(C=CCBr)c(F)c1F. The van der Waals surface area contributed by atoms with Gasteiger partial charge in [0.15, 0.2) is 17.5 Å². The molecule has 0 spiro atoms. The van der Waals surface area contributed by atoms with Crippen molar-refractivity contribution in [2.45, 2.75) is 0 Å². The molecule has 0 atom stereocenters. The van der Waals surface area contributed by atoms with Crippen molar-refractivity contribution in [3.8, 4) is 0 Å². The fourth-order valence-electron chi connectivity index (χ4n) is 0.841. The highest BCUT2D eigenvalue weighted by atomic mass is 79.9. The van der Waals surface area contributed by atoms with Crippen LogP contribution >= 0.6 is 15.9 Å². The van der Waals surface area contributed by atoms with E-state index >= 15 is 0 Å². The second-order valence-corrected chi connectivity index (χ2v) is 2.97. The first-order chi connectivity index (χ1) is 6.16. The van der Waals surface area contributed by atoms with E-state index in [1.54, 1.807) is 6.08 Å². The number of rotatable bonds is 2. The smallest absolute Gasteiger partial charge is 0.195 e. The molecule has 1 aromatic carbocycles. The van der Waals surface area contributed by atoms with Crippen LogP contribution in [0.4, 0.5) is 13.2 Å². The maximum atomic E-state index is 12.9. The van der Waals surface area contributed by atoms with Crippen molar-refractivity contribution < 1.29 is 13.2 Å². The van der Waals surface area contributed by atoms with Gasteiger partial charge in [-0.15, -0.1) is 0 Å². The van der Waals surface area contributed by atoms with E-state index in [-0.39, 0.29) is 5.56 Å². The van der Waals surface area contributed by atoms with E-state index in [0.717, 1.165) is 6.07 Å². The molecule has 0 unspecified atom stereocenters. The largest absolute Gasteiger partial charge is 0.204 e. The maximum Gasteiger partial charge on any atom is 0.195 e. The monoisotopic (exact) mass is 250 g/mol. The topological polar surface area (TPSA) is 0 Å². The molecule has 0 saturated heterocycles. The Labute approximate surface area is 82.2 Å². The van der Waals surface area contributed by atoms with Crippen LogP contribution < -0.4 is 0 Å². The molecule has 0 N–H and O–H groups in total. The molecule has 0 heterocycles. The average molecular weight is 251 g/mol. The van der Waals surface area contributed by atoms with E-state index < -0.39 is 17.5 Å². The van der Waals surface area contributed by atoms with Crippen LogP contribution in [0, 0.1) is 17.5 Å². The van der Waals surface area contributed by atoms with Crippen molar-refractivity contribution in [3.63, 3.8) is 0 Å². The molecular formula is C9H6BrF3. The summed E-state index contributed by atoms with van der Waals surface area (Å²) in [5.74, 6) is -3.76. The summed E-state index contributed by atoms with van der Waals surface area (Å²) in [5, 5.41) is 0.533. The van der Waals surface area contributed by atoms with Gasteiger partial charge in [0.2, 0.25) is 0 Å². The Bertz CT molecular complexity index is 334. The third kappa shape index (κ3) is 2.34. The highest BCUT2D eigenvalue weighted by Crippen LogP contribution is 2.16. The number of hydrogen-bond donors (Lipinski definition) is 0. The molecule has 1 aromatic rings. The molecule has 0 amide bonds. The quantitative estimate of drug-likeness (QED) is 0.557. The number of allylic oxidation sites excluding steroid dienone is 1. The Morgan fingerprint density at radius 2 is 1.85 bits per heavy atom. The Hall–Kier alpha value is -0.770. The summed E-state index contributed by atoms with van der Waals surface area (Å²) in [6.45, 7) is 0. The van der Waals surface area contributed by atoms with Gasteiger partial charge in [-0.3, -0.25) is 0 Å². The highest BCUT2D eigenvalue weighted by molar-refractivity contribution is 9.09. The minimum atomic E-state index is -1.43. The zero-order valence-electron chi connectivity index (χ0n) is 6.53. The van der Waals surface area contributed by atoms with Crippen molar-refractivity contribution in [1.82, 2.24) is 0 Å². The lowest BCUT2D eigenvalue weighted by Crippen LogP contribution is -1.92. The molecule has 0 aromatic heterocycles. The van der Waals surface area contributed by atoms with Crippen LogP contribution in [0.15, 0.2) is 18.2 Å². The van der Waals surface area contributed by atoms with E-state index in [0.29, 0.717) is 5.33 Å². The molecule has 13 heavy (non-hydrogen) atoms. The molecule has 0 aliphatic rings. The Balaban J connectivity index is 3.11. The van der Waals surface area contributed by atoms with Gasteiger partial charge in [0.25, 0.3) is 0 Å². The van der Waals surface area contributed by atoms with E-state index in [2.05, 4.69) is 15.9 Å². The van der Waals surface area contributed by atoms with Crippen LogP contribution in [0.25, 0.3) is 6.08 Å². The second-order valence-electron chi connectivity index (χ2n) is 2.32. The average Bonchev–Trinajstić information content (AvgIpc) is 2.13. The Morgan fingerprint density at radius 1 is 1.15 bits per heavy atom. The molecule has 0 aliphatic heterocycles. The lowest BCUT2D eigenvalue weighted by atomic mass is 10.2. The number of alkyl halides is 1. The van der Waals surface area contributed by atoms with Gasteiger partial charge in [-0.05, 0) is 12.1 Å². The molecule has 0 aliphatic carbocycles. The number of halogens is 4. The van der Waals surface area contributed by atoms with E-state index in [4.69, 9.17) is 0 Å². The third-order valence-corrected chi connectivity index (χ3v) is 1.83. The van der Waals surface area contributed by atoms with Crippen LogP contribution in [0.3, 0.4) is 0 Å². The van der Waals surface area contributed by atoms with Crippen LogP contribution in [-0.2, 0) is 0 Å². The molecule has 0 radical (unpaired) electrons. The van der Waals surface area contributed by atoms with Crippen LogP contribution in [-0.4, -0.2) is 5.33 Å². The first-order valence-electron chi connectivity index (χ1n) is 3.53. The first-order valence-corrected chi connectivity index (χ1v) is 4.65. The fraction of sp³-hybridized carbons (Fsp3) is 0.111. The van der Waals surface area contributed by atoms with Gasteiger partial charge in [-0.25, -0.2) is 13.2 Å². The van der Waals surface area contributed by atoms with Crippen LogP contribution in [0.2, 0.25) is 0 Å². The minimum absolute atomic E-state index is 0.0401. The standard InChI is InChI=1S/C9H6BrF3/c10-5-1-2-6-3-4-7(11)9(13)8(6)12/h1-4H,5H2. The fourth-order valence-corrected chi connectivity index (χ4v) is 1.03. The van der Waals surface area contributed by atoms with Crippen LogP contribution in [0.1, 0.15) is 5.56 Å². The lowest BCUT2D eigenvalue weighted by Gasteiger charge is -1.98. The highest BCUT2D eigenvalue weighted by Gasteiger charge is 2.10. The molecule has 70 valence electrons. The predicted octanol–water partition coefficient (Wildman–Crippen LogP) is 3.51. The summed E-state index contributed by atoms with van der Waals surface area (Å²) in [7, 11) is 0. The lowest BCUT2D eigenvalue weighted by molar-refractivity contribution is 0.446. The molecule has 4 heteroatoms. The summed E-state index contributed by atoms with van der Waals surface area (Å²) in [6.07, 6.45) is 2.97. The van der Waals surface area contributed by atoms with Gasteiger partial charge in [0.1, 0.15) is 0 Å². The summed E-state index contributed by atoms with van der Waals surface area (Å²) in [4.78, 5) is 0. The Morgan fingerprint density at radius 3 is 2.46 bits per heavy atom. The van der Waals surface area contributed by atoms with Crippen molar-refractivity contribution in [2.24, 2.45) is 0 Å². The van der Waals surface area contributed by atoms with Gasteiger partial charge in [0.05, 0.1) is 0 Å². The minimum Gasteiger partial charge on any atom is -0.204 e. The molecule has 0 saturated carbocycles. The normalized spacial score (nSPS) is 11.1. The van der Waals surface area contributed by atoms with Gasteiger partial charge in [-0.2, -0.15) is 0 Å². The molecule has 0 nitrogen and oxygen atoms in total. The van der Waals surface area contributed by atoms with E-state index in [1.165, 1.54) is 12.1 Å². The Kier molecular flexibility index (Phi) is 3.54. The van der Waals surface area contributed by atoms with Gasteiger partial charge in [-0.1, -0.05) is 28.1 Å². The predicted molar refractivity (Wildman–Crippen MR) is 49.1 cm³/mol. The van der Waals surface area contributed by atoms with Crippen LogP contribution in [0.5, 0.6) is 0 Å². The maximum absolute atomic E-state index is 12.9. The van der Waals surface area contributed by atoms with Crippen molar-refractivity contribution >= 4 is 22.0 Å². The van der Waals surface area contributed by atoms with Gasteiger partial charge < -0.3 is 0 Å². The van der Waals surface area contributed by atoms with Crippen molar-refractivity contribution in [3.05, 3.63) is 41.2 Å². The zero-order valence-corrected chi connectivity index (χ0v) is 8.11. The van der Waals surface area contributed by atoms with Crippen molar-refractivity contribution in [2.75, 3.05) is 5.33 Å². The first kappa shape index (κ1) is 10.3. The zero-order chi connectivity index (χ0) is 9.84. The van der Waals surface area contributed by atoms with Crippen molar-refractivity contribution in [1.29, 1.82) is 0 Å². The van der Waals surface area contributed by atoms with Gasteiger partial charge in [0, 0.05) is 10.9 Å². The number of benzene rings is 1. The van der Waals surface area contributed by atoms with Gasteiger partial charge >= 0.3 is 0 Å². The molecular weight excluding hydrogens is 245 g/mol. The summed E-state index contributed by atoms with van der Waals surface area (Å²) in [6, 6.07) is 2.08. The molecule has 0 fully saturated rings. The number of hydrogen-bond acceptors (Lipinski definition) is 0. The summed E-state index contributed by atoms with van der Waals surface area (Å²) < 4.78 is 38.0. The summed E-state index contributed by atoms with van der Waals surface area (Å²) >= 11 is 3.09. The summed E-state index contributed by atoms with van der Waals surface area (Å²) in [5.41, 5.74) is 0.0401. The second kappa shape index (κ2) is 4.46.